The van der Waals surface area contributed by atoms with Crippen LogP contribution in [0.1, 0.15) is 6.42 Å². The molecule has 2 N–H and O–H groups in total. The molecule has 0 aliphatic heterocycles. The third-order valence-electron chi connectivity index (χ3n) is 2.22. The molecule has 0 saturated carbocycles. The van der Waals surface area contributed by atoms with Gasteiger partial charge in [-0.05, 0) is 12.1 Å². The van der Waals surface area contributed by atoms with Gasteiger partial charge in [-0.3, -0.25) is 4.79 Å². The Labute approximate surface area is 115 Å². The number of carboxylic acids is 1. The lowest BCUT2D eigenvalue weighted by molar-refractivity contribution is -0.142. The molecule has 7 heteroatoms. The molecule has 0 aliphatic rings. The normalized spacial score (nSPS) is 10.1. The SMILES string of the molecule is O=C(O)COCCNC(=O)CCOc1ccccc1F. The molecule has 0 aromatic heterocycles. The van der Waals surface area contributed by atoms with Crippen molar-refractivity contribution in [2.24, 2.45) is 0 Å². The summed E-state index contributed by atoms with van der Waals surface area (Å²) in [6.45, 7) is -0.00691. The van der Waals surface area contributed by atoms with Crippen molar-refractivity contribution >= 4 is 11.9 Å². The first kappa shape index (κ1) is 15.9. The van der Waals surface area contributed by atoms with Crippen LogP contribution in [-0.2, 0) is 14.3 Å². The van der Waals surface area contributed by atoms with Crippen LogP contribution in [0.2, 0.25) is 0 Å². The van der Waals surface area contributed by atoms with Crippen molar-refractivity contribution in [2.45, 2.75) is 6.42 Å². The van der Waals surface area contributed by atoms with Crippen LogP contribution in [0.5, 0.6) is 5.75 Å². The molecule has 0 unspecified atom stereocenters. The number of aliphatic carboxylic acids is 1. The Balaban J connectivity index is 2.09. The zero-order chi connectivity index (χ0) is 14.8. The van der Waals surface area contributed by atoms with E-state index >= 15 is 0 Å². The zero-order valence-corrected chi connectivity index (χ0v) is 10.8. The Hall–Kier alpha value is -2.15. The summed E-state index contributed by atoms with van der Waals surface area (Å²) in [5.41, 5.74) is 0. The molecule has 0 atom stereocenters. The molecule has 0 bridgehead atoms. The molecule has 1 rings (SSSR count). The third-order valence-corrected chi connectivity index (χ3v) is 2.22. The van der Waals surface area contributed by atoms with Crippen molar-refractivity contribution in [1.82, 2.24) is 5.32 Å². The summed E-state index contributed by atoms with van der Waals surface area (Å²) in [7, 11) is 0. The number of hydrogen-bond acceptors (Lipinski definition) is 4. The zero-order valence-electron chi connectivity index (χ0n) is 10.8. The second-order valence-electron chi connectivity index (χ2n) is 3.83. The highest BCUT2D eigenvalue weighted by molar-refractivity contribution is 5.75. The second kappa shape index (κ2) is 8.87. The van der Waals surface area contributed by atoms with Gasteiger partial charge in [0.1, 0.15) is 6.61 Å². The van der Waals surface area contributed by atoms with Crippen LogP contribution in [0.15, 0.2) is 24.3 Å². The van der Waals surface area contributed by atoms with Crippen molar-refractivity contribution in [2.75, 3.05) is 26.4 Å². The molecule has 1 aromatic carbocycles. The van der Waals surface area contributed by atoms with E-state index in [1.165, 1.54) is 12.1 Å². The molecule has 0 spiro atoms. The highest BCUT2D eigenvalue weighted by Gasteiger charge is 2.04. The summed E-state index contributed by atoms with van der Waals surface area (Å²) >= 11 is 0. The van der Waals surface area contributed by atoms with Crippen LogP contribution in [0.4, 0.5) is 4.39 Å². The first-order valence-electron chi connectivity index (χ1n) is 6.03. The maximum Gasteiger partial charge on any atom is 0.329 e. The average molecular weight is 285 g/mol. The van der Waals surface area contributed by atoms with E-state index in [1.54, 1.807) is 12.1 Å². The number of carboxylic acid groups (broad SMARTS) is 1. The predicted octanol–water partition coefficient (Wildman–Crippen LogP) is 0.812. The maximum absolute atomic E-state index is 13.2. The first-order valence-corrected chi connectivity index (χ1v) is 6.03. The number of para-hydroxylation sites is 1. The van der Waals surface area contributed by atoms with Crippen LogP contribution in [0, 0.1) is 5.82 Å². The number of halogens is 1. The molecule has 0 fully saturated rings. The summed E-state index contributed by atoms with van der Waals surface area (Å²) in [4.78, 5) is 21.5. The van der Waals surface area contributed by atoms with Crippen LogP contribution in [-0.4, -0.2) is 43.3 Å². The Morgan fingerprint density at radius 3 is 2.70 bits per heavy atom. The number of ether oxygens (including phenoxy) is 2. The summed E-state index contributed by atoms with van der Waals surface area (Å²) in [5.74, 6) is -1.71. The standard InChI is InChI=1S/C13H16FNO5/c14-10-3-1-2-4-11(10)20-7-5-12(16)15-6-8-19-9-13(17)18/h1-4H,5-9H2,(H,15,16)(H,17,18). The van der Waals surface area contributed by atoms with Gasteiger partial charge in [0.15, 0.2) is 11.6 Å². The summed E-state index contributed by atoms with van der Waals surface area (Å²) in [5, 5.41) is 10.8. The van der Waals surface area contributed by atoms with E-state index in [0.717, 1.165) is 0 Å². The Kier molecular flexibility index (Phi) is 7.05. The Bertz CT molecular complexity index is 452. The fraction of sp³-hybridized carbons (Fsp3) is 0.385. The fourth-order valence-electron chi connectivity index (χ4n) is 1.33. The van der Waals surface area contributed by atoms with E-state index in [-0.39, 0.29) is 37.8 Å². The van der Waals surface area contributed by atoms with Crippen LogP contribution in [0.25, 0.3) is 0 Å². The molecular weight excluding hydrogens is 269 g/mol. The topological polar surface area (TPSA) is 84.9 Å². The van der Waals surface area contributed by atoms with Crippen molar-refractivity contribution < 1.29 is 28.6 Å². The van der Waals surface area contributed by atoms with E-state index < -0.39 is 18.4 Å². The number of rotatable bonds is 9. The van der Waals surface area contributed by atoms with Crippen molar-refractivity contribution in [3.63, 3.8) is 0 Å². The number of nitrogens with one attached hydrogen (secondary N) is 1. The van der Waals surface area contributed by atoms with E-state index in [4.69, 9.17) is 14.6 Å². The van der Waals surface area contributed by atoms with Crippen LogP contribution >= 0.6 is 0 Å². The molecule has 1 aromatic rings. The smallest absolute Gasteiger partial charge is 0.329 e. The molecule has 20 heavy (non-hydrogen) atoms. The second-order valence-corrected chi connectivity index (χ2v) is 3.83. The van der Waals surface area contributed by atoms with Gasteiger partial charge >= 0.3 is 5.97 Å². The highest BCUT2D eigenvalue weighted by Crippen LogP contribution is 2.15. The monoisotopic (exact) mass is 285 g/mol. The van der Waals surface area contributed by atoms with Gasteiger partial charge in [0.2, 0.25) is 5.91 Å². The predicted molar refractivity (Wildman–Crippen MR) is 68.0 cm³/mol. The molecule has 0 aliphatic carbocycles. The lowest BCUT2D eigenvalue weighted by Gasteiger charge is -2.07. The van der Waals surface area contributed by atoms with Crippen LogP contribution in [0.3, 0.4) is 0 Å². The number of carbonyl (C=O) groups is 2. The fourth-order valence-corrected chi connectivity index (χ4v) is 1.33. The van der Waals surface area contributed by atoms with E-state index in [9.17, 15) is 14.0 Å². The van der Waals surface area contributed by atoms with Crippen molar-refractivity contribution in [3.05, 3.63) is 30.1 Å². The van der Waals surface area contributed by atoms with Gasteiger partial charge in [0, 0.05) is 6.54 Å². The molecule has 6 nitrogen and oxygen atoms in total. The van der Waals surface area contributed by atoms with Gasteiger partial charge in [-0.1, -0.05) is 12.1 Å². The maximum atomic E-state index is 13.2. The summed E-state index contributed by atoms with van der Waals surface area (Å²) in [6.07, 6.45) is 0.0767. The Morgan fingerprint density at radius 1 is 1.25 bits per heavy atom. The minimum absolute atomic E-state index is 0.0583. The van der Waals surface area contributed by atoms with Gasteiger partial charge in [-0.25, -0.2) is 9.18 Å². The van der Waals surface area contributed by atoms with Crippen molar-refractivity contribution in [1.29, 1.82) is 0 Å². The number of amides is 1. The van der Waals surface area contributed by atoms with E-state index in [0.29, 0.717) is 0 Å². The van der Waals surface area contributed by atoms with Gasteiger partial charge in [0.05, 0.1) is 19.6 Å². The molecule has 0 heterocycles. The lowest BCUT2D eigenvalue weighted by Crippen LogP contribution is -2.29. The molecule has 0 saturated heterocycles. The summed E-state index contributed by atoms with van der Waals surface area (Å²) in [6, 6.07) is 5.94. The highest BCUT2D eigenvalue weighted by atomic mass is 19.1. The average Bonchev–Trinajstić information content (AvgIpc) is 2.40. The largest absolute Gasteiger partial charge is 0.490 e. The van der Waals surface area contributed by atoms with Gasteiger partial charge < -0.3 is 19.9 Å². The third kappa shape index (κ3) is 6.69. The molecule has 1 amide bonds. The quantitative estimate of drug-likeness (QED) is 0.656. The Morgan fingerprint density at radius 2 is 2.00 bits per heavy atom. The number of benzene rings is 1. The van der Waals surface area contributed by atoms with Crippen LogP contribution < -0.4 is 10.1 Å². The minimum Gasteiger partial charge on any atom is -0.490 e. The van der Waals surface area contributed by atoms with E-state index in [1.807, 2.05) is 0 Å². The molecule has 0 radical (unpaired) electrons. The molecular formula is C13H16FNO5. The lowest BCUT2D eigenvalue weighted by atomic mass is 10.3. The van der Waals surface area contributed by atoms with Gasteiger partial charge in [0.25, 0.3) is 0 Å². The number of hydrogen-bond donors (Lipinski definition) is 2. The van der Waals surface area contributed by atoms with Gasteiger partial charge in [-0.2, -0.15) is 0 Å². The first-order chi connectivity index (χ1) is 9.59. The summed E-state index contributed by atoms with van der Waals surface area (Å²) < 4.78 is 23.0. The molecule has 110 valence electrons. The number of carbonyl (C=O) groups excluding carboxylic acids is 1. The van der Waals surface area contributed by atoms with Crippen molar-refractivity contribution in [3.8, 4) is 5.75 Å². The van der Waals surface area contributed by atoms with E-state index in [2.05, 4.69) is 5.32 Å². The minimum atomic E-state index is -1.06. The van der Waals surface area contributed by atoms with Gasteiger partial charge in [-0.15, -0.1) is 0 Å².